The van der Waals surface area contributed by atoms with Crippen molar-refractivity contribution in [1.29, 1.82) is 0 Å². The summed E-state index contributed by atoms with van der Waals surface area (Å²) in [6.45, 7) is 13.0. The van der Waals surface area contributed by atoms with Gasteiger partial charge in [0.25, 0.3) is 0 Å². The van der Waals surface area contributed by atoms with Crippen molar-refractivity contribution >= 4 is 0 Å². The predicted octanol–water partition coefficient (Wildman–Crippen LogP) is 3.27. The highest BCUT2D eigenvalue weighted by molar-refractivity contribution is 5.17. The molecule has 0 saturated heterocycles. The zero-order chi connectivity index (χ0) is 13.2. The van der Waals surface area contributed by atoms with Gasteiger partial charge in [0.05, 0.1) is 6.20 Å². The molecular weight excluding hydrogens is 202 g/mol. The fourth-order valence-electron chi connectivity index (χ4n) is 0.877. The highest BCUT2D eigenvalue weighted by Crippen LogP contribution is 2.18. The minimum absolute atomic E-state index is 0.245. The first-order chi connectivity index (χ1) is 7.56. The van der Waals surface area contributed by atoms with Gasteiger partial charge in [-0.2, -0.15) is 0 Å². The van der Waals surface area contributed by atoms with Crippen LogP contribution in [0.4, 0.5) is 0 Å². The lowest BCUT2D eigenvalue weighted by Gasteiger charge is -2.10. The van der Waals surface area contributed by atoms with Gasteiger partial charge in [0.1, 0.15) is 5.76 Å². The maximum absolute atomic E-state index is 9.67. The highest BCUT2D eigenvalue weighted by Gasteiger charge is 2.25. The Bertz CT molecular complexity index is 329. The topological polar surface area (TPSA) is 46.3 Å². The third-order valence-corrected chi connectivity index (χ3v) is 1.41. The number of hydrogen-bond donors (Lipinski definition) is 1. The van der Waals surface area contributed by atoms with Crippen LogP contribution in [-0.4, -0.2) is 10.1 Å². The van der Waals surface area contributed by atoms with Crippen LogP contribution in [0.2, 0.25) is 0 Å². The quantitative estimate of drug-likeness (QED) is 0.746. The molecule has 1 atom stereocenters. The summed E-state index contributed by atoms with van der Waals surface area (Å²) in [4.78, 5) is 3.89. The third-order valence-electron chi connectivity index (χ3n) is 1.41. The molecule has 0 saturated carbocycles. The standard InChI is InChI=1S/C9H11NO2.2C2H6/c1-4-5-9(3,11)8-10-6-7(2)12-8;2*1-2/h6,11H,1-3H3;2*1-2H3. The molecule has 1 aromatic heterocycles. The third kappa shape index (κ3) is 5.57. The lowest BCUT2D eigenvalue weighted by Crippen LogP contribution is -2.18. The SMILES string of the molecule is CC.CC.CC#CC(C)(O)c1ncc(C)o1. The van der Waals surface area contributed by atoms with Gasteiger partial charge in [0.15, 0.2) is 5.60 Å². The van der Waals surface area contributed by atoms with Crippen molar-refractivity contribution in [2.24, 2.45) is 0 Å². The van der Waals surface area contributed by atoms with Crippen molar-refractivity contribution in [3.05, 3.63) is 17.8 Å². The van der Waals surface area contributed by atoms with Gasteiger partial charge < -0.3 is 9.52 Å². The van der Waals surface area contributed by atoms with Crippen LogP contribution >= 0.6 is 0 Å². The molecule has 0 aliphatic rings. The van der Waals surface area contributed by atoms with Crippen LogP contribution in [0, 0.1) is 18.8 Å². The first-order valence-corrected chi connectivity index (χ1v) is 5.65. The minimum atomic E-state index is -1.27. The molecule has 0 radical (unpaired) electrons. The first kappa shape index (κ1) is 17.1. The highest BCUT2D eigenvalue weighted by atomic mass is 16.4. The van der Waals surface area contributed by atoms with Crippen LogP contribution in [0.1, 0.15) is 53.2 Å². The summed E-state index contributed by atoms with van der Waals surface area (Å²) in [6.07, 6.45) is 1.56. The van der Waals surface area contributed by atoms with Crippen molar-refractivity contribution in [2.45, 2.75) is 54.1 Å². The fraction of sp³-hybridized carbons (Fsp3) is 0.615. The van der Waals surface area contributed by atoms with Crippen molar-refractivity contribution in [3.63, 3.8) is 0 Å². The van der Waals surface area contributed by atoms with E-state index in [1.54, 1.807) is 27.0 Å². The number of nitrogens with zero attached hydrogens (tertiary/aromatic N) is 1. The lowest BCUT2D eigenvalue weighted by molar-refractivity contribution is 0.0882. The number of hydrogen-bond acceptors (Lipinski definition) is 3. The summed E-state index contributed by atoms with van der Waals surface area (Å²) < 4.78 is 5.14. The van der Waals surface area contributed by atoms with Gasteiger partial charge >= 0.3 is 0 Å². The summed E-state index contributed by atoms with van der Waals surface area (Å²) in [7, 11) is 0. The molecule has 0 aromatic carbocycles. The summed E-state index contributed by atoms with van der Waals surface area (Å²) in [6, 6.07) is 0. The second-order valence-corrected chi connectivity index (χ2v) is 2.72. The average molecular weight is 225 g/mol. The predicted molar refractivity (Wildman–Crippen MR) is 67.0 cm³/mol. The summed E-state index contributed by atoms with van der Waals surface area (Å²) in [5.74, 6) is 6.13. The molecule has 0 amide bonds. The number of oxazole rings is 1. The molecule has 1 rings (SSSR count). The van der Waals surface area contributed by atoms with E-state index in [1.165, 1.54) is 0 Å². The average Bonchev–Trinajstić information content (AvgIpc) is 2.71. The Morgan fingerprint density at radius 1 is 1.31 bits per heavy atom. The van der Waals surface area contributed by atoms with Gasteiger partial charge in [-0.05, 0) is 20.8 Å². The molecular formula is C13H23NO2. The molecule has 1 heterocycles. The van der Waals surface area contributed by atoms with E-state index in [-0.39, 0.29) is 5.89 Å². The minimum Gasteiger partial charge on any atom is -0.442 e. The normalized spacial score (nSPS) is 11.8. The Morgan fingerprint density at radius 3 is 2.12 bits per heavy atom. The fourth-order valence-corrected chi connectivity index (χ4v) is 0.877. The molecule has 0 aliphatic carbocycles. The van der Waals surface area contributed by atoms with Crippen LogP contribution < -0.4 is 0 Å². The smallest absolute Gasteiger partial charge is 0.239 e. The molecule has 0 fully saturated rings. The van der Waals surface area contributed by atoms with E-state index < -0.39 is 5.60 Å². The molecule has 0 bridgehead atoms. The maximum Gasteiger partial charge on any atom is 0.239 e. The number of aliphatic hydroxyl groups is 1. The van der Waals surface area contributed by atoms with Gasteiger partial charge in [-0.3, -0.25) is 0 Å². The molecule has 1 aromatic rings. The van der Waals surface area contributed by atoms with Crippen molar-refractivity contribution in [1.82, 2.24) is 4.98 Å². The van der Waals surface area contributed by atoms with E-state index >= 15 is 0 Å². The van der Waals surface area contributed by atoms with Crippen LogP contribution in [0.5, 0.6) is 0 Å². The molecule has 0 spiro atoms. The summed E-state index contributed by atoms with van der Waals surface area (Å²) in [5.41, 5.74) is -1.27. The number of rotatable bonds is 1. The van der Waals surface area contributed by atoms with Gasteiger partial charge in [0, 0.05) is 0 Å². The van der Waals surface area contributed by atoms with E-state index in [4.69, 9.17) is 4.42 Å². The lowest BCUT2D eigenvalue weighted by atomic mass is 10.1. The van der Waals surface area contributed by atoms with Crippen LogP contribution in [0.25, 0.3) is 0 Å². The second kappa shape index (κ2) is 8.99. The molecule has 1 N–H and O–H groups in total. The Balaban J connectivity index is 0. The molecule has 1 unspecified atom stereocenters. The van der Waals surface area contributed by atoms with E-state index in [0.717, 1.165) is 0 Å². The van der Waals surface area contributed by atoms with Gasteiger partial charge in [-0.15, -0.1) is 5.92 Å². The molecule has 3 heteroatoms. The van der Waals surface area contributed by atoms with Crippen molar-refractivity contribution in [2.75, 3.05) is 0 Å². The van der Waals surface area contributed by atoms with Crippen LogP contribution in [0.3, 0.4) is 0 Å². The monoisotopic (exact) mass is 225 g/mol. The molecule has 16 heavy (non-hydrogen) atoms. The summed E-state index contributed by atoms with van der Waals surface area (Å²) in [5, 5.41) is 9.67. The largest absolute Gasteiger partial charge is 0.442 e. The number of aryl methyl sites for hydroxylation is 1. The van der Waals surface area contributed by atoms with E-state index in [0.29, 0.717) is 5.76 Å². The molecule has 3 nitrogen and oxygen atoms in total. The van der Waals surface area contributed by atoms with Crippen molar-refractivity contribution < 1.29 is 9.52 Å². The maximum atomic E-state index is 9.67. The molecule has 0 aliphatic heterocycles. The zero-order valence-electron chi connectivity index (χ0n) is 11.4. The summed E-state index contributed by atoms with van der Waals surface area (Å²) >= 11 is 0. The Kier molecular flexibility index (Phi) is 9.63. The zero-order valence-corrected chi connectivity index (χ0v) is 11.4. The van der Waals surface area contributed by atoms with Crippen molar-refractivity contribution in [3.8, 4) is 11.8 Å². The Labute approximate surface area is 98.9 Å². The Morgan fingerprint density at radius 2 is 1.81 bits per heavy atom. The van der Waals surface area contributed by atoms with Gasteiger partial charge in [0.2, 0.25) is 5.89 Å². The van der Waals surface area contributed by atoms with Crippen LogP contribution in [0.15, 0.2) is 10.6 Å². The Hall–Kier alpha value is -1.27. The second-order valence-electron chi connectivity index (χ2n) is 2.72. The van der Waals surface area contributed by atoms with E-state index in [2.05, 4.69) is 16.8 Å². The molecule has 92 valence electrons. The van der Waals surface area contributed by atoms with Gasteiger partial charge in [-0.1, -0.05) is 33.6 Å². The van der Waals surface area contributed by atoms with Crippen LogP contribution in [-0.2, 0) is 5.60 Å². The van der Waals surface area contributed by atoms with Gasteiger partial charge in [-0.25, -0.2) is 4.98 Å². The number of aromatic nitrogens is 1. The van der Waals surface area contributed by atoms with E-state index in [1.807, 2.05) is 27.7 Å². The first-order valence-electron chi connectivity index (χ1n) is 5.65. The van der Waals surface area contributed by atoms with E-state index in [9.17, 15) is 5.11 Å².